The number of nitrogens with two attached hydrogens (primary N) is 1. The zero-order chi connectivity index (χ0) is 23.6. The molecular formula is C17H21N4O9S-. The number of aliphatic carboxylic acids is 2. The Morgan fingerprint density at radius 1 is 1.23 bits per heavy atom. The molecule has 0 aliphatic carbocycles. The van der Waals surface area contributed by atoms with Crippen molar-refractivity contribution >= 4 is 41.2 Å². The fraction of sp³-hybridized carbons (Fsp3) is 0.412. The first kappa shape index (κ1) is 26.0. The molecule has 0 saturated heterocycles. The Kier molecular flexibility index (Phi) is 10.5. The number of nitroso groups, excluding NO2 is 1. The summed E-state index contributed by atoms with van der Waals surface area (Å²) in [6.45, 7) is -0.697. The highest BCUT2D eigenvalue weighted by Gasteiger charge is 2.23. The van der Waals surface area contributed by atoms with Crippen LogP contribution in [0.25, 0.3) is 0 Å². The molecular weight excluding hydrogens is 436 g/mol. The van der Waals surface area contributed by atoms with Gasteiger partial charge in [-0.2, -0.15) is 0 Å². The fourth-order valence-electron chi connectivity index (χ4n) is 2.20. The topological polar surface area (TPSA) is 232 Å². The van der Waals surface area contributed by atoms with E-state index in [1.165, 1.54) is 12.1 Å². The van der Waals surface area contributed by atoms with Crippen molar-refractivity contribution < 1.29 is 39.6 Å². The summed E-state index contributed by atoms with van der Waals surface area (Å²) in [4.78, 5) is 57.0. The lowest BCUT2D eigenvalue weighted by Gasteiger charge is -2.19. The average Bonchev–Trinajstić information content (AvgIpc) is 2.72. The van der Waals surface area contributed by atoms with Gasteiger partial charge in [-0.1, -0.05) is 6.07 Å². The first-order valence-corrected chi connectivity index (χ1v) is 9.75. The van der Waals surface area contributed by atoms with Gasteiger partial charge >= 0.3 is 11.9 Å². The molecule has 0 aromatic heterocycles. The molecule has 0 spiro atoms. The van der Waals surface area contributed by atoms with E-state index in [4.69, 9.17) is 21.1 Å². The number of nitrogens with zero attached hydrogens (tertiary/aromatic N) is 1. The maximum absolute atomic E-state index is 12.3. The highest BCUT2D eigenvalue weighted by molar-refractivity contribution is 7.99. The van der Waals surface area contributed by atoms with Crippen molar-refractivity contribution in [2.45, 2.75) is 36.1 Å². The molecule has 1 rings (SSSR count). The molecule has 3 atom stereocenters. The summed E-state index contributed by atoms with van der Waals surface area (Å²) in [7, 11) is 0. The Morgan fingerprint density at radius 3 is 2.45 bits per heavy atom. The fourth-order valence-corrected chi connectivity index (χ4v) is 3.19. The van der Waals surface area contributed by atoms with Crippen LogP contribution in [-0.2, 0) is 19.2 Å². The van der Waals surface area contributed by atoms with Crippen molar-refractivity contribution in [1.82, 2.24) is 10.6 Å². The van der Waals surface area contributed by atoms with Crippen molar-refractivity contribution in [3.05, 3.63) is 28.7 Å². The van der Waals surface area contributed by atoms with Crippen LogP contribution in [0.2, 0.25) is 0 Å². The van der Waals surface area contributed by atoms with Gasteiger partial charge in [-0.05, 0) is 29.3 Å². The molecule has 170 valence electrons. The smallest absolute Gasteiger partial charge is 0.322 e. The predicted octanol–water partition coefficient (Wildman–Crippen LogP) is -1.59. The molecule has 1 aromatic carbocycles. The van der Waals surface area contributed by atoms with E-state index < -0.39 is 48.7 Å². The number of amides is 2. The minimum atomic E-state index is -2.06. The van der Waals surface area contributed by atoms with Gasteiger partial charge in [0.2, 0.25) is 11.8 Å². The van der Waals surface area contributed by atoms with Crippen molar-refractivity contribution in [2.24, 2.45) is 10.9 Å². The minimum Gasteiger partial charge on any atom is -0.828 e. The average molecular weight is 457 g/mol. The highest BCUT2D eigenvalue weighted by Crippen LogP contribution is 2.32. The number of carboxylic acid groups (broad SMARTS) is 2. The number of rotatable bonds is 13. The van der Waals surface area contributed by atoms with E-state index >= 15 is 0 Å². The van der Waals surface area contributed by atoms with E-state index in [2.05, 4.69) is 15.8 Å². The van der Waals surface area contributed by atoms with E-state index in [0.29, 0.717) is 0 Å². The molecule has 0 fully saturated rings. The predicted molar refractivity (Wildman–Crippen MR) is 105 cm³/mol. The number of carbonyl (C=O) groups is 4. The second-order valence-corrected chi connectivity index (χ2v) is 7.26. The zero-order valence-electron chi connectivity index (χ0n) is 16.0. The quantitative estimate of drug-likeness (QED) is 0.112. The van der Waals surface area contributed by atoms with E-state index in [9.17, 15) is 29.2 Å². The standard InChI is InChI=1S/C17H21N4O9S/c18-9(17(28)29)2-4-13(22)20-11(15(25)19-6-14(23)24)7-31-12-3-1-8(16(26)27)5-10(12)21-30/h1,3,5,9,11,16,26H,2,4,6-7,18H2,(H,19,25)(H,20,22)(H,23,24)(H,28,29)/q-1. The van der Waals surface area contributed by atoms with Crippen molar-refractivity contribution in [1.29, 1.82) is 0 Å². The summed E-state index contributed by atoms with van der Waals surface area (Å²) in [5.74, 6) is -4.26. The van der Waals surface area contributed by atoms with Gasteiger partial charge in [-0.25, -0.2) is 0 Å². The summed E-state index contributed by atoms with van der Waals surface area (Å²) in [5.41, 5.74) is 5.08. The summed E-state index contributed by atoms with van der Waals surface area (Å²) in [6, 6.07) is 1.17. The number of carboxylic acids is 2. The van der Waals surface area contributed by atoms with Crippen LogP contribution in [0.4, 0.5) is 5.69 Å². The number of aliphatic hydroxyl groups is 1. The molecule has 0 aliphatic rings. The van der Waals surface area contributed by atoms with Crippen molar-refractivity contribution in [2.75, 3.05) is 12.3 Å². The molecule has 1 aromatic rings. The molecule has 0 aliphatic heterocycles. The van der Waals surface area contributed by atoms with Crippen LogP contribution in [0.15, 0.2) is 28.3 Å². The second-order valence-electron chi connectivity index (χ2n) is 6.20. The monoisotopic (exact) mass is 457 g/mol. The summed E-state index contributed by atoms with van der Waals surface area (Å²) in [5, 5.41) is 44.8. The lowest BCUT2D eigenvalue weighted by atomic mass is 10.1. The van der Waals surface area contributed by atoms with Crippen molar-refractivity contribution in [3.8, 4) is 0 Å². The Morgan fingerprint density at radius 2 is 1.90 bits per heavy atom. The van der Waals surface area contributed by atoms with Gasteiger partial charge in [0, 0.05) is 23.4 Å². The molecule has 0 bridgehead atoms. The number of carbonyl (C=O) groups excluding carboxylic acids is 2. The maximum Gasteiger partial charge on any atom is 0.322 e. The Hall–Kier alpha value is -3.07. The van der Waals surface area contributed by atoms with Gasteiger partial charge in [0.25, 0.3) is 0 Å². The zero-order valence-corrected chi connectivity index (χ0v) is 16.8. The normalized spacial score (nSPS) is 13.5. The van der Waals surface area contributed by atoms with Gasteiger partial charge in [0.1, 0.15) is 24.3 Å². The van der Waals surface area contributed by atoms with Gasteiger partial charge in [-0.15, -0.1) is 16.7 Å². The Bertz CT molecular complexity index is 834. The van der Waals surface area contributed by atoms with Crippen LogP contribution in [0.1, 0.15) is 24.7 Å². The third-order valence-corrected chi connectivity index (χ3v) is 4.99. The van der Waals surface area contributed by atoms with E-state index in [1.54, 1.807) is 0 Å². The molecule has 14 heteroatoms. The third kappa shape index (κ3) is 9.08. The van der Waals surface area contributed by atoms with Crippen LogP contribution < -0.4 is 21.5 Å². The minimum absolute atomic E-state index is 0.0854. The first-order chi connectivity index (χ1) is 14.5. The number of nitrogens with one attached hydrogen (secondary N) is 2. The van der Waals surface area contributed by atoms with Crippen LogP contribution in [-0.4, -0.2) is 63.5 Å². The van der Waals surface area contributed by atoms with E-state index in [1.807, 2.05) is 0 Å². The van der Waals surface area contributed by atoms with Gasteiger partial charge < -0.3 is 36.8 Å². The van der Waals surface area contributed by atoms with E-state index in [-0.39, 0.29) is 34.7 Å². The van der Waals surface area contributed by atoms with Gasteiger partial charge in [0.15, 0.2) is 0 Å². The van der Waals surface area contributed by atoms with Crippen LogP contribution in [0, 0.1) is 4.91 Å². The number of thioether (sulfide) groups is 1. The van der Waals surface area contributed by atoms with E-state index in [0.717, 1.165) is 17.8 Å². The second kappa shape index (κ2) is 12.6. The molecule has 0 radical (unpaired) electrons. The number of hydrogen-bond acceptors (Lipinski definition) is 10. The third-order valence-electron chi connectivity index (χ3n) is 3.84. The molecule has 2 amide bonds. The SMILES string of the molecule is NC(CCC(=O)NC(CSc1ccc(C([O-])O)cc1N=O)C(=O)NCC(=O)O)C(=O)O. The number of aliphatic hydroxyl groups excluding tert-OH is 1. The molecule has 0 saturated carbocycles. The van der Waals surface area contributed by atoms with Crippen molar-refractivity contribution in [3.63, 3.8) is 0 Å². The first-order valence-electron chi connectivity index (χ1n) is 8.76. The number of hydrogen-bond donors (Lipinski definition) is 6. The summed E-state index contributed by atoms with van der Waals surface area (Å²) < 4.78 is 0. The van der Waals surface area contributed by atoms with Crippen LogP contribution >= 0.6 is 11.8 Å². The number of benzene rings is 1. The van der Waals surface area contributed by atoms with Crippen LogP contribution in [0.5, 0.6) is 0 Å². The highest BCUT2D eigenvalue weighted by atomic mass is 32.2. The molecule has 7 N–H and O–H groups in total. The molecule has 13 nitrogen and oxygen atoms in total. The summed E-state index contributed by atoms with van der Waals surface area (Å²) >= 11 is 0.915. The lowest BCUT2D eigenvalue weighted by Crippen LogP contribution is -2.49. The molecule has 3 unspecified atom stereocenters. The molecule has 0 heterocycles. The largest absolute Gasteiger partial charge is 0.828 e. The Labute approximate surface area is 180 Å². The van der Waals surface area contributed by atoms with Crippen LogP contribution in [0.3, 0.4) is 0 Å². The maximum atomic E-state index is 12.3. The summed E-state index contributed by atoms with van der Waals surface area (Å²) in [6.07, 6.45) is -2.54. The molecule has 31 heavy (non-hydrogen) atoms. The van der Waals surface area contributed by atoms with Gasteiger partial charge in [0.05, 0.1) is 0 Å². The van der Waals surface area contributed by atoms with Gasteiger partial charge in [-0.3, -0.25) is 19.2 Å². The lowest BCUT2D eigenvalue weighted by molar-refractivity contribution is -0.490. The Balaban J connectivity index is 2.88.